The lowest BCUT2D eigenvalue weighted by Crippen LogP contribution is -2.32. The quantitative estimate of drug-likeness (QED) is 0.633. The average Bonchev–Trinajstić information content (AvgIpc) is 3.36. The third-order valence-corrected chi connectivity index (χ3v) is 5.77. The summed E-state index contributed by atoms with van der Waals surface area (Å²) in [6.07, 6.45) is -0.674. The molecule has 0 bridgehead atoms. The first-order valence-corrected chi connectivity index (χ1v) is 10.6. The van der Waals surface area contributed by atoms with Crippen LogP contribution in [-0.4, -0.2) is 34.0 Å². The van der Waals surface area contributed by atoms with E-state index < -0.39 is 6.10 Å². The number of carbonyl (C=O) groups excluding carboxylic acids is 2. The second kappa shape index (κ2) is 8.59. The Labute approximate surface area is 187 Å². The van der Waals surface area contributed by atoms with Gasteiger partial charge in [-0.3, -0.25) is 14.7 Å². The molecule has 1 aliphatic rings. The highest BCUT2D eigenvalue weighted by Crippen LogP contribution is 2.31. The first-order chi connectivity index (χ1) is 15.3. The molecule has 32 heavy (non-hydrogen) atoms. The van der Waals surface area contributed by atoms with Gasteiger partial charge >= 0.3 is 0 Å². The van der Waals surface area contributed by atoms with Crippen molar-refractivity contribution in [3.63, 3.8) is 0 Å². The summed E-state index contributed by atoms with van der Waals surface area (Å²) in [5.74, 6) is 0.0933. The number of H-pyrrole nitrogens is 1. The molecule has 1 aromatic heterocycles. The molecule has 0 fully saturated rings. The van der Waals surface area contributed by atoms with Crippen LogP contribution in [0.1, 0.15) is 59.6 Å². The Hall–Kier alpha value is -3.45. The van der Waals surface area contributed by atoms with E-state index in [0.717, 1.165) is 22.4 Å². The van der Waals surface area contributed by atoms with Crippen LogP contribution in [0.15, 0.2) is 54.6 Å². The van der Waals surface area contributed by atoms with Crippen molar-refractivity contribution in [1.82, 2.24) is 15.1 Å². The molecule has 4 rings (SSSR count). The molecule has 2 amide bonds. The van der Waals surface area contributed by atoms with Crippen LogP contribution in [0.2, 0.25) is 0 Å². The predicted molar refractivity (Wildman–Crippen MR) is 122 cm³/mol. The summed E-state index contributed by atoms with van der Waals surface area (Å²) in [6, 6.07) is 17.0. The Morgan fingerprint density at radius 1 is 1.06 bits per heavy atom. The molecule has 1 atom stereocenters. The first-order valence-electron chi connectivity index (χ1n) is 10.6. The van der Waals surface area contributed by atoms with E-state index in [1.165, 1.54) is 7.11 Å². The predicted octanol–water partition coefficient (Wildman–Crippen LogP) is 4.19. The zero-order valence-corrected chi connectivity index (χ0v) is 18.8. The number of benzene rings is 2. The van der Waals surface area contributed by atoms with Crippen LogP contribution in [0.25, 0.3) is 0 Å². The number of aromatic amines is 1. The van der Waals surface area contributed by atoms with Crippen molar-refractivity contribution in [3.05, 3.63) is 82.5 Å². The number of hydrogen-bond acceptors (Lipinski definition) is 4. The van der Waals surface area contributed by atoms with E-state index in [4.69, 9.17) is 4.74 Å². The van der Waals surface area contributed by atoms with Gasteiger partial charge in [0, 0.05) is 18.2 Å². The van der Waals surface area contributed by atoms with Gasteiger partial charge in [-0.05, 0) is 28.7 Å². The second-order valence-electron chi connectivity index (χ2n) is 9.03. The Kier molecular flexibility index (Phi) is 5.84. The van der Waals surface area contributed by atoms with Crippen molar-refractivity contribution in [2.24, 2.45) is 0 Å². The lowest BCUT2D eigenvalue weighted by Gasteiger charge is -2.22. The summed E-state index contributed by atoms with van der Waals surface area (Å²) in [7, 11) is 1.53. The molecule has 0 saturated carbocycles. The number of aromatic nitrogens is 2. The maximum Gasteiger partial charge on any atom is 0.256 e. The molecule has 0 aliphatic carbocycles. The Balaban J connectivity index is 1.46. The van der Waals surface area contributed by atoms with Crippen LogP contribution >= 0.6 is 0 Å². The van der Waals surface area contributed by atoms with E-state index in [2.05, 4.69) is 36.3 Å². The standard InChI is InChI=1S/C25H28N4O3/c1-25(2,3)18-12-10-17(11-13-18)23(30)26-22-19-14-29(15-20(19)27-28-22)24(31)21(32-4)16-8-6-5-7-9-16/h5-13,21H,14-15H2,1-4H3,(H2,26,27,28,30). The Bertz CT molecular complexity index is 1110. The molecular weight excluding hydrogens is 404 g/mol. The summed E-state index contributed by atoms with van der Waals surface area (Å²) in [5.41, 5.74) is 4.19. The van der Waals surface area contributed by atoms with Gasteiger partial charge in [-0.25, -0.2) is 0 Å². The van der Waals surface area contributed by atoms with Crippen molar-refractivity contribution in [1.29, 1.82) is 0 Å². The van der Waals surface area contributed by atoms with E-state index in [-0.39, 0.29) is 17.2 Å². The minimum absolute atomic E-state index is 0.0217. The van der Waals surface area contributed by atoms with Gasteiger partial charge in [0.2, 0.25) is 0 Å². The van der Waals surface area contributed by atoms with Crippen molar-refractivity contribution in [2.75, 3.05) is 12.4 Å². The van der Waals surface area contributed by atoms with Crippen LogP contribution in [0.4, 0.5) is 5.82 Å². The van der Waals surface area contributed by atoms with E-state index in [1.54, 1.807) is 4.90 Å². The molecule has 2 heterocycles. The molecule has 7 heteroatoms. The van der Waals surface area contributed by atoms with E-state index >= 15 is 0 Å². The van der Waals surface area contributed by atoms with Gasteiger partial charge in [0.15, 0.2) is 11.9 Å². The molecule has 0 radical (unpaired) electrons. The number of amides is 2. The van der Waals surface area contributed by atoms with Crippen molar-refractivity contribution < 1.29 is 14.3 Å². The highest BCUT2D eigenvalue weighted by atomic mass is 16.5. The molecule has 166 valence electrons. The van der Waals surface area contributed by atoms with Crippen LogP contribution < -0.4 is 5.32 Å². The first kappa shape index (κ1) is 21.8. The lowest BCUT2D eigenvalue weighted by atomic mass is 9.87. The van der Waals surface area contributed by atoms with Crippen molar-refractivity contribution in [2.45, 2.75) is 45.4 Å². The maximum absolute atomic E-state index is 13.1. The molecule has 1 unspecified atom stereocenters. The fourth-order valence-corrected chi connectivity index (χ4v) is 3.87. The molecule has 3 aromatic rings. The van der Waals surface area contributed by atoms with Crippen LogP contribution in [0.5, 0.6) is 0 Å². The fourth-order valence-electron chi connectivity index (χ4n) is 3.87. The van der Waals surface area contributed by atoms with Crippen molar-refractivity contribution in [3.8, 4) is 0 Å². The van der Waals surface area contributed by atoms with Gasteiger partial charge in [0.05, 0.1) is 18.8 Å². The summed E-state index contributed by atoms with van der Waals surface area (Å²) >= 11 is 0. The summed E-state index contributed by atoms with van der Waals surface area (Å²) in [6.45, 7) is 7.15. The molecule has 2 aromatic carbocycles. The average molecular weight is 433 g/mol. The van der Waals surface area contributed by atoms with Crippen LogP contribution in [0.3, 0.4) is 0 Å². The lowest BCUT2D eigenvalue weighted by molar-refractivity contribution is -0.143. The highest BCUT2D eigenvalue weighted by molar-refractivity contribution is 6.04. The van der Waals surface area contributed by atoms with Gasteiger partial charge in [-0.2, -0.15) is 5.10 Å². The number of anilines is 1. The monoisotopic (exact) mass is 432 g/mol. The van der Waals surface area contributed by atoms with Gasteiger partial charge in [0.25, 0.3) is 11.8 Å². The largest absolute Gasteiger partial charge is 0.367 e. The molecule has 7 nitrogen and oxygen atoms in total. The number of fused-ring (bicyclic) bond motifs is 1. The Morgan fingerprint density at radius 2 is 1.75 bits per heavy atom. The molecule has 1 aliphatic heterocycles. The van der Waals surface area contributed by atoms with Crippen LogP contribution in [0, 0.1) is 0 Å². The SMILES string of the molecule is COC(C(=O)N1Cc2[nH]nc(NC(=O)c3ccc(C(C)(C)C)cc3)c2C1)c1ccccc1. The summed E-state index contributed by atoms with van der Waals surface area (Å²) in [5, 5.41) is 10.1. The number of ether oxygens (including phenoxy) is 1. The minimum Gasteiger partial charge on any atom is -0.367 e. The number of carbonyl (C=O) groups is 2. The molecule has 0 spiro atoms. The number of nitrogens with one attached hydrogen (secondary N) is 2. The van der Waals surface area contributed by atoms with E-state index in [0.29, 0.717) is 24.5 Å². The van der Waals surface area contributed by atoms with E-state index in [1.807, 2.05) is 54.6 Å². The number of nitrogens with zero attached hydrogens (tertiary/aromatic N) is 2. The smallest absolute Gasteiger partial charge is 0.256 e. The summed E-state index contributed by atoms with van der Waals surface area (Å²) in [4.78, 5) is 27.6. The number of rotatable bonds is 5. The fraction of sp³-hybridized carbons (Fsp3) is 0.320. The summed E-state index contributed by atoms with van der Waals surface area (Å²) < 4.78 is 5.49. The highest BCUT2D eigenvalue weighted by Gasteiger charge is 2.33. The van der Waals surface area contributed by atoms with E-state index in [9.17, 15) is 9.59 Å². The maximum atomic E-state index is 13.1. The number of methoxy groups -OCH3 is 1. The van der Waals surface area contributed by atoms with Gasteiger partial charge in [-0.1, -0.05) is 63.2 Å². The Morgan fingerprint density at radius 3 is 2.38 bits per heavy atom. The normalized spacial score (nSPS) is 14.2. The zero-order valence-electron chi connectivity index (χ0n) is 18.8. The zero-order chi connectivity index (χ0) is 22.9. The van der Waals surface area contributed by atoms with Gasteiger partial charge < -0.3 is 15.0 Å². The minimum atomic E-state index is -0.674. The topological polar surface area (TPSA) is 87.3 Å². The molecule has 2 N–H and O–H groups in total. The third kappa shape index (κ3) is 4.29. The molecule has 0 saturated heterocycles. The van der Waals surface area contributed by atoms with Crippen molar-refractivity contribution >= 4 is 17.6 Å². The third-order valence-electron chi connectivity index (χ3n) is 5.77. The second-order valence-corrected chi connectivity index (χ2v) is 9.03. The van der Waals surface area contributed by atoms with Gasteiger partial charge in [-0.15, -0.1) is 0 Å². The van der Waals surface area contributed by atoms with Gasteiger partial charge in [0.1, 0.15) is 0 Å². The number of hydrogen-bond donors (Lipinski definition) is 2. The van der Waals surface area contributed by atoms with Crippen LogP contribution in [-0.2, 0) is 28.0 Å². The molecular formula is C25H28N4O3.